The molecule has 1 aliphatic rings. The van der Waals surface area contributed by atoms with Crippen LogP contribution in [0.25, 0.3) is 0 Å². The summed E-state index contributed by atoms with van der Waals surface area (Å²) in [7, 11) is 3.07. The van der Waals surface area contributed by atoms with Crippen LogP contribution in [0, 0.1) is 0 Å². The highest BCUT2D eigenvalue weighted by molar-refractivity contribution is 5.95. The predicted molar refractivity (Wildman–Crippen MR) is 44.5 cm³/mol. The third kappa shape index (κ3) is 1.75. The Morgan fingerprint density at radius 2 is 2.33 bits per heavy atom. The van der Waals surface area contributed by atoms with Gasteiger partial charge in [0.25, 0.3) is 0 Å². The van der Waals surface area contributed by atoms with Crippen LogP contribution in [-0.4, -0.2) is 30.9 Å². The number of methoxy groups -OCH3 is 1. The van der Waals surface area contributed by atoms with Crippen molar-refractivity contribution in [1.29, 1.82) is 0 Å². The number of carbonyl (C=O) groups is 1. The minimum absolute atomic E-state index is 0.306. The number of hydrogen-bond acceptors (Lipinski definition) is 3. The smallest absolute Gasteiger partial charge is 0.344 e. The summed E-state index contributed by atoms with van der Waals surface area (Å²) in [5, 5.41) is 7.68. The minimum atomic E-state index is -0.306. The van der Waals surface area contributed by atoms with E-state index in [1.54, 1.807) is 20.0 Å². The number of nitrogens with zero attached hydrogens (tertiary/aromatic N) is 2. The molecule has 0 atom stereocenters. The zero-order valence-corrected chi connectivity index (χ0v) is 7.29. The van der Waals surface area contributed by atoms with E-state index in [-0.39, 0.29) is 6.03 Å². The van der Waals surface area contributed by atoms with Crippen LogP contribution in [0.2, 0.25) is 0 Å². The summed E-state index contributed by atoms with van der Waals surface area (Å²) >= 11 is 0. The lowest BCUT2D eigenvalue weighted by atomic mass is 10.4. The van der Waals surface area contributed by atoms with Gasteiger partial charge in [0.15, 0.2) is 5.88 Å². The second kappa shape index (κ2) is 3.25. The largest absolute Gasteiger partial charge is 0.482 e. The van der Waals surface area contributed by atoms with Crippen LogP contribution in [0.4, 0.5) is 4.79 Å². The number of hydrogen-bond donors (Lipinski definition) is 1. The molecule has 0 saturated heterocycles. The number of nitrogens with one attached hydrogen (secondary N) is 1. The van der Waals surface area contributed by atoms with E-state index in [0.717, 1.165) is 0 Å². The highest BCUT2D eigenvalue weighted by Crippen LogP contribution is 2.00. The molecule has 1 aliphatic heterocycles. The molecule has 0 saturated carbocycles. The zero-order valence-electron chi connectivity index (χ0n) is 7.29. The Balaban J connectivity index is 2.88. The Kier molecular flexibility index (Phi) is 2.32. The van der Waals surface area contributed by atoms with Crippen molar-refractivity contribution in [3.8, 4) is 0 Å². The second-order valence-corrected chi connectivity index (χ2v) is 2.41. The maximum absolute atomic E-state index is 11.1. The first-order valence-electron chi connectivity index (χ1n) is 3.49. The molecular weight excluding hydrogens is 158 g/mol. The number of urea groups is 1. The first-order chi connectivity index (χ1) is 5.63. The van der Waals surface area contributed by atoms with E-state index in [1.165, 1.54) is 12.1 Å². The topological polar surface area (TPSA) is 53.9 Å². The van der Waals surface area contributed by atoms with Gasteiger partial charge in [-0.25, -0.2) is 9.80 Å². The quantitative estimate of drug-likeness (QED) is 0.621. The van der Waals surface area contributed by atoms with E-state index < -0.39 is 0 Å². The van der Waals surface area contributed by atoms with E-state index in [1.807, 2.05) is 0 Å². The molecule has 0 aromatic heterocycles. The number of amides is 2. The van der Waals surface area contributed by atoms with E-state index in [4.69, 9.17) is 4.74 Å². The monoisotopic (exact) mass is 169 g/mol. The Morgan fingerprint density at radius 3 is 2.92 bits per heavy atom. The van der Waals surface area contributed by atoms with Gasteiger partial charge >= 0.3 is 6.03 Å². The number of hydrazone groups is 1. The van der Waals surface area contributed by atoms with E-state index in [9.17, 15) is 4.79 Å². The van der Waals surface area contributed by atoms with Gasteiger partial charge in [0.2, 0.25) is 0 Å². The fourth-order valence-corrected chi connectivity index (χ4v) is 0.833. The van der Waals surface area contributed by atoms with Crippen LogP contribution in [0.3, 0.4) is 0 Å². The number of ether oxygens (including phenoxy) is 1. The van der Waals surface area contributed by atoms with E-state index in [2.05, 4.69) is 10.4 Å². The third-order valence-corrected chi connectivity index (χ3v) is 1.39. The summed E-state index contributed by atoms with van der Waals surface area (Å²) in [6.07, 6.45) is 1.65. The number of allylic oxidation sites excluding steroid dienone is 1. The van der Waals surface area contributed by atoms with Gasteiger partial charge in [-0.1, -0.05) is 0 Å². The summed E-state index contributed by atoms with van der Waals surface area (Å²) < 4.78 is 4.88. The Morgan fingerprint density at radius 1 is 1.67 bits per heavy atom. The predicted octanol–water partition coefficient (Wildman–Crippen LogP) is 0.505. The second-order valence-electron chi connectivity index (χ2n) is 2.41. The van der Waals surface area contributed by atoms with Crippen molar-refractivity contribution >= 4 is 11.7 Å². The van der Waals surface area contributed by atoms with Gasteiger partial charge in [-0.15, -0.1) is 0 Å². The van der Waals surface area contributed by atoms with Gasteiger partial charge in [0.05, 0.1) is 12.8 Å². The highest BCUT2D eigenvalue weighted by atomic mass is 16.5. The maximum atomic E-state index is 11.1. The van der Waals surface area contributed by atoms with Crippen LogP contribution in [-0.2, 0) is 4.74 Å². The molecule has 2 amide bonds. The molecule has 0 aromatic rings. The molecule has 0 aliphatic carbocycles. The fraction of sp³-hybridized carbons (Fsp3) is 0.429. The van der Waals surface area contributed by atoms with Crippen molar-refractivity contribution in [2.24, 2.45) is 5.10 Å². The molecule has 0 unspecified atom stereocenters. The van der Waals surface area contributed by atoms with Crippen LogP contribution >= 0.6 is 0 Å². The minimum Gasteiger partial charge on any atom is -0.482 e. The maximum Gasteiger partial charge on any atom is 0.344 e. The van der Waals surface area contributed by atoms with E-state index in [0.29, 0.717) is 11.6 Å². The molecule has 5 nitrogen and oxygen atoms in total. The summed E-state index contributed by atoms with van der Waals surface area (Å²) in [6, 6.07) is -0.306. The Bertz CT molecular complexity index is 257. The molecule has 0 aromatic carbocycles. The molecule has 1 heterocycles. The van der Waals surface area contributed by atoms with Gasteiger partial charge in [0.1, 0.15) is 0 Å². The van der Waals surface area contributed by atoms with Gasteiger partial charge in [-0.05, 0) is 6.92 Å². The molecule has 0 radical (unpaired) electrons. The SMILES string of the molecule is COC1=CC(C)=NN(C)C(=O)N1. The van der Waals surface area contributed by atoms with Crippen LogP contribution in [0.5, 0.6) is 0 Å². The molecule has 12 heavy (non-hydrogen) atoms. The Hall–Kier alpha value is -1.52. The van der Waals surface area contributed by atoms with Crippen LogP contribution in [0.15, 0.2) is 17.1 Å². The van der Waals surface area contributed by atoms with Crippen molar-refractivity contribution in [2.75, 3.05) is 14.2 Å². The summed E-state index contributed by atoms with van der Waals surface area (Å²) in [6.45, 7) is 1.79. The first kappa shape index (κ1) is 8.58. The third-order valence-electron chi connectivity index (χ3n) is 1.39. The average molecular weight is 169 g/mol. The lowest BCUT2D eigenvalue weighted by Crippen LogP contribution is -2.32. The van der Waals surface area contributed by atoms with Crippen LogP contribution in [0.1, 0.15) is 6.92 Å². The van der Waals surface area contributed by atoms with Crippen molar-refractivity contribution < 1.29 is 9.53 Å². The van der Waals surface area contributed by atoms with Gasteiger partial charge in [0, 0.05) is 13.1 Å². The summed E-state index contributed by atoms with van der Waals surface area (Å²) in [5.41, 5.74) is 0.715. The molecule has 0 spiro atoms. The average Bonchev–Trinajstić information content (AvgIpc) is 2.12. The summed E-state index contributed by atoms with van der Waals surface area (Å²) in [5.74, 6) is 0.408. The first-order valence-corrected chi connectivity index (χ1v) is 3.49. The van der Waals surface area contributed by atoms with E-state index >= 15 is 0 Å². The van der Waals surface area contributed by atoms with Gasteiger partial charge in [-0.2, -0.15) is 5.10 Å². The molecule has 0 bridgehead atoms. The van der Waals surface area contributed by atoms with Crippen LogP contribution < -0.4 is 5.32 Å². The van der Waals surface area contributed by atoms with Crippen molar-refractivity contribution in [3.63, 3.8) is 0 Å². The lowest BCUT2D eigenvalue weighted by Gasteiger charge is -2.10. The standard InChI is InChI=1S/C7H11N3O2/c1-5-4-6(12-3)8-7(11)10(2)9-5/h4H,1-3H3,(H,8,11). The fourth-order valence-electron chi connectivity index (χ4n) is 0.833. The Labute approximate surface area is 70.7 Å². The van der Waals surface area contributed by atoms with Gasteiger partial charge in [-0.3, -0.25) is 5.32 Å². The van der Waals surface area contributed by atoms with Crippen molar-refractivity contribution in [1.82, 2.24) is 10.3 Å². The highest BCUT2D eigenvalue weighted by Gasteiger charge is 2.13. The molecular formula is C7H11N3O2. The van der Waals surface area contributed by atoms with Crippen molar-refractivity contribution in [2.45, 2.75) is 6.92 Å². The van der Waals surface area contributed by atoms with Gasteiger partial charge < -0.3 is 4.74 Å². The molecule has 0 fully saturated rings. The molecule has 1 rings (SSSR count). The molecule has 1 N–H and O–H groups in total. The summed E-state index contributed by atoms with van der Waals surface area (Å²) in [4.78, 5) is 11.1. The van der Waals surface area contributed by atoms with Crippen molar-refractivity contribution in [3.05, 3.63) is 12.0 Å². The lowest BCUT2D eigenvalue weighted by molar-refractivity contribution is 0.200. The normalized spacial score (nSPS) is 17.6. The number of carbonyl (C=O) groups excluding carboxylic acids is 1. The molecule has 5 heteroatoms. The number of rotatable bonds is 1. The zero-order chi connectivity index (χ0) is 9.14. The molecule has 66 valence electrons.